The monoisotopic (exact) mass is 383 g/mol. The molecular weight excluding hydrogens is 364 g/mol. The summed E-state index contributed by atoms with van der Waals surface area (Å²) < 4.78 is 32.0. The molecule has 0 bridgehead atoms. The molecule has 1 amide bonds. The van der Waals surface area contributed by atoms with Crippen LogP contribution < -0.4 is 10.6 Å². The summed E-state index contributed by atoms with van der Waals surface area (Å²) in [6, 6.07) is 5.38. The van der Waals surface area contributed by atoms with Crippen molar-refractivity contribution in [2.45, 2.75) is 37.1 Å². The zero-order valence-electron chi connectivity index (χ0n) is 14.0. The highest BCUT2D eigenvalue weighted by Crippen LogP contribution is 2.40. The second-order valence-electron chi connectivity index (χ2n) is 6.74. The van der Waals surface area contributed by atoms with Gasteiger partial charge in [-0.15, -0.1) is 12.4 Å². The Morgan fingerprint density at radius 2 is 2.00 bits per heavy atom. The number of nitrogens with zero attached hydrogens (tertiary/aromatic N) is 1. The molecule has 0 spiro atoms. The van der Waals surface area contributed by atoms with Gasteiger partial charge in [0.25, 0.3) is 5.91 Å². The topological polar surface area (TPSA) is 67.2 Å². The van der Waals surface area contributed by atoms with Crippen LogP contribution in [0, 0.1) is 11.6 Å². The summed E-state index contributed by atoms with van der Waals surface area (Å²) >= 11 is 0. The third kappa shape index (κ3) is 3.88. The molecular formula is C18H20ClF2N3O2. The Bertz CT molecular complexity index is 794. The first-order valence-corrected chi connectivity index (χ1v) is 8.55. The van der Waals surface area contributed by atoms with Crippen molar-refractivity contribution in [3.8, 4) is 0 Å². The van der Waals surface area contributed by atoms with E-state index in [9.17, 15) is 13.6 Å². The molecule has 1 aromatic carbocycles. The van der Waals surface area contributed by atoms with Gasteiger partial charge in [-0.25, -0.2) is 8.78 Å². The van der Waals surface area contributed by atoms with Crippen molar-refractivity contribution < 1.29 is 18.1 Å². The lowest BCUT2D eigenvalue weighted by atomic mass is 9.86. The van der Waals surface area contributed by atoms with Crippen LogP contribution in [0.15, 0.2) is 28.8 Å². The Balaban J connectivity index is 0.00000196. The predicted molar refractivity (Wildman–Crippen MR) is 93.6 cm³/mol. The van der Waals surface area contributed by atoms with Gasteiger partial charge in [-0.3, -0.25) is 4.79 Å². The minimum atomic E-state index is -0.869. The SMILES string of the molecule is Cl.O=C(NC1CNCCC1c1ccc(F)c(F)c1)c1cc(C2CC2)on1. The van der Waals surface area contributed by atoms with Crippen LogP contribution in [0.5, 0.6) is 0 Å². The van der Waals surface area contributed by atoms with Crippen LogP contribution in [0.3, 0.4) is 0 Å². The quantitative estimate of drug-likeness (QED) is 0.851. The standard InChI is InChI=1S/C18H19F2N3O2.ClH/c19-13-4-3-11(7-14(13)20)12-5-6-21-9-16(12)22-18(24)15-8-17(25-23-15)10-1-2-10;/h3-4,7-8,10,12,16,21H,1-2,5-6,9H2,(H,22,24);1H. The first-order chi connectivity index (χ1) is 12.1. The van der Waals surface area contributed by atoms with Crippen LogP contribution in [-0.2, 0) is 0 Å². The van der Waals surface area contributed by atoms with Gasteiger partial charge in [0.2, 0.25) is 0 Å². The van der Waals surface area contributed by atoms with Gasteiger partial charge in [0.1, 0.15) is 5.76 Å². The third-order valence-electron chi connectivity index (χ3n) is 4.91. The molecule has 2 fully saturated rings. The highest BCUT2D eigenvalue weighted by Gasteiger charge is 2.31. The lowest BCUT2D eigenvalue weighted by molar-refractivity contribution is 0.0915. The molecule has 5 nitrogen and oxygen atoms in total. The van der Waals surface area contributed by atoms with E-state index >= 15 is 0 Å². The molecule has 2 aliphatic rings. The maximum Gasteiger partial charge on any atom is 0.273 e. The van der Waals surface area contributed by atoms with E-state index in [1.165, 1.54) is 6.07 Å². The van der Waals surface area contributed by atoms with E-state index in [2.05, 4.69) is 15.8 Å². The first kappa shape index (κ1) is 18.8. The minimum absolute atomic E-state index is 0. The average molecular weight is 384 g/mol. The molecule has 2 unspecified atom stereocenters. The Labute approximate surface area is 155 Å². The van der Waals surface area contributed by atoms with Crippen LogP contribution in [0.25, 0.3) is 0 Å². The van der Waals surface area contributed by atoms with Gasteiger partial charge in [0, 0.05) is 30.5 Å². The van der Waals surface area contributed by atoms with Gasteiger partial charge in [0.05, 0.1) is 0 Å². The van der Waals surface area contributed by atoms with E-state index in [0.29, 0.717) is 18.0 Å². The fraction of sp³-hybridized carbons (Fsp3) is 0.444. The van der Waals surface area contributed by atoms with Crippen molar-refractivity contribution >= 4 is 18.3 Å². The summed E-state index contributed by atoms with van der Waals surface area (Å²) in [5.74, 6) is -0.989. The maximum absolute atomic E-state index is 13.6. The third-order valence-corrected chi connectivity index (χ3v) is 4.91. The highest BCUT2D eigenvalue weighted by molar-refractivity contribution is 5.92. The van der Waals surface area contributed by atoms with Gasteiger partial charge in [0.15, 0.2) is 17.3 Å². The summed E-state index contributed by atoms with van der Waals surface area (Å²) in [5, 5.41) is 10.0. The van der Waals surface area contributed by atoms with Crippen molar-refractivity contribution in [3.63, 3.8) is 0 Å². The Morgan fingerprint density at radius 1 is 1.19 bits per heavy atom. The van der Waals surface area contributed by atoms with Crippen molar-refractivity contribution in [2.24, 2.45) is 0 Å². The number of aromatic nitrogens is 1. The number of piperidine rings is 1. The number of hydrogen-bond acceptors (Lipinski definition) is 4. The first-order valence-electron chi connectivity index (χ1n) is 8.55. The van der Waals surface area contributed by atoms with Crippen molar-refractivity contribution in [1.82, 2.24) is 15.8 Å². The predicted octanol–water partition coefficient (Wildman–Crippen LogP) is 3.13. The second kappa shape index (κ2) is 7.72. The molecule has 4 rings (SSSR count). The number of carbonyl (C=O) groups excluding carboxylic acids is 1. The molecule has 1 saturated heterocycles. The van der Waals surface area contributed by atoms with Crippen LogP contribution in [0.4, 0.5) is 8.78 Å². The van der Waals surface area contributed by atoms with E-state index in [0.717, 1.165) is 37.6 Å². The summed E-state index contributed by atoms with van der Waals surface area (Å²) in [6.45, 7) is 1.31. The lowest BCUT2D eigenvalue weighted by Crippen LogP contribution is -2.50. The van der Waals surface area contributed by atoms with Crippen LogP contribution in [0.1, 0.15) is 52.9 Å². The van der Waals surface area contributed by atoms with E-state index < -0.39 is 11.6 Å². The Morgan fingerprint density at radius 3 is 2.73 bits per heavy atom. The number of nitrogens with one attached hydrogen (secondary N) is 2. The Hall–Kier alpha value is -1.99. The summed E-state index contributed by atoms with van der Waals surface area (Å²) in [7, 11) is 0. The van der Waals surface area contributed by atoms with Gasteiger partial charge >= 0.3 is 0 Å². The maximum atomic E-state index is 13.6. The number of benzene rings is 1. The smallest absolute Gasteiger partial charge is 0.273 e. The molecule has 140 valence electrons. The van der Waals surface area contributed by atoms with E-state index in [1.54, 1.807) is 12.1 Å². The Kier molecular flexibility index (Phi) is 5.58. The molecule has 1 aliphatic carbocycles. The number of amides is 1. The number of halogens is 3. The number of rotatable bonds is 4. The zero-order valence-corrected chi connectivity index (χ0v) is 14.8. The number of carbonyl (C=O) groups is 1. The van der Waals surface area contributed by atoms with Gasteiger partial charge in [-0.05, 0) is 43.5 Å². The van der Waals surface area contributed by atoms with Gasteiger partial charge < -0.3 is 15.2 Å². The lowest BCUT2D eigenvalue weighted by Gasteiger charge is -2.33. The van der Waals surface area contributed by atoms with E-state index in [4.69, 9.17) is 4.52 Å². The molecule has 0 radical (unpaired) electrons. The van der Waals surface area contributed by atoms with Crippen molar-refractivity contribution in [2.75, 3.05) is 13.1 Å². The van der Waals surface area contributed by atoms with Crippen molar-refractivity contribution in [3.05, 3.63) is 52.9 Å². The van der Waals surface area contributed by atoms with Crippen LogP contribution in [0.2, 0.25) is 0 Å². The molecule has 26 heavy (non-hydrogen) atoms. The largest absolute Gasteiger partial charge is 0.360 e. The van der Waals surface area contributed by atoms with Crippen LogP contribution in [-0.4, -0.2) is 30.2 Å². The second-order valence-corrected chi connectivity index (χ2v) is 6.74. The van der Waals surface area contributed by atoms with Gasteiger partial charge in [-0.1, -0.05) is 11.2 Å². The normalized spacial score (nSPS) is 22.5. The molecule has 1 aromatic heterocycles. The fourth-order valence-corrected chi connectivity index (χ4v) is 3.35. The number of hydrogen-bond donors (Lipinski definition) is 2. The van der Waals surface area contributed by atoms with Gasteiger partial charge in [-0.2, -0.15) is 0 Å². The molecule has 2 aromatic rings. The molecule has 2 N–H and O–H groups in total. The minimum Gasteiger partial charge on any atom is -0.360 e. The molecule has 1 saturated carbocycles. The summed E-state index contributed by atoms with van der Waals surface area (Å²) in [6.07, 6.45) is 2.87. The highest BCUT2D eigenvalue weighted by atomic mass is 35.5. The van der Waals surface area contributed by atoms with E-state index in [1.807, 2.05) is 0 Å². The molecule has 1 aliphatic heterocycles. The molecule has 2 heterocycles. The van der Waals surface area contributed by atoms with E-state index in [-0.39, 0.29) is 36.0 Å². The fourth-order valence-electron chi connectivity index (χ4n) is 3.35. The summed E-state index contributed by atoms with van der Waals surface area (Å²) in [4.78, 5) is 12.5. The molecule has 8 heteroatoms. The van der Waals surface area contributed by atoms with Crippen molar-refractivity contribution in [1.29, 1.82) is 0 Å². The zero-order chi connectivity index (χ0) is 17.4. The van der Waals surface area contributed by atoms with Crippen LogP contribution >= 0.6 is 12.4 Å². The molecule has 2 atom stereocenters. The average Bonchev–Trinajstić information content (AvgIpc) is 3.34. The summed E-state index contributed by atoms with van der Waals surface area (Å²) in [5.41, 5.74) is 0.945.